The Balaban J connectivity index is 1.97. The smallest absolute Gasteiger partial charge is 0.255 e. The van der Waals surface area contributed by atoms with E-state index in [0.29, 0.717) is 17.4 Å². The summed E-state index contributed by atoms with van der Waals surface area (Å²) in [7, 11) is 0. The number of aromatic nitrogens is 1. The third-order valence-corrected chi connectivity index (χ3v) is 3.98. The van der Waals surface area contributed by atoms with E-state index in [4.69, 9.17) is 0 Å². The van der Waals surface area contributed by atoms with Crippen molar-refractivity contribution in [3.63, 3.8) is 0 Å². The molecule has 0 bridgehead atoms. The van der Waals surface area contributed by atoms with E-state index >= 15 is 0 Å². The first-order chi connectivity index (χ1) is 10.1. The highest BCUT2D eigenvalue weighted by molar-refractivity contribution is 5.94. The minimum Gasteiger partial charge on any atom is -0.384 e. The summed E-state index contributed by atoms with van der Waals surface area (Å²) < 4.78 is 0. The fourth-order valence-electron chi connectivity index (χ4n) is 2.72. The molecule has 2 rings (SSSR count). The van der Waals surface area contributed by atoms with Gasteiger partial charge in [-0.1, -0.05) is 20.8 Å². The van der Waals surface area contributed by atoms with Crippen LogP contribution < -0.4 is 5.32 Å². The van der Waals surface area contributed by atoms with Gasteiger partial charge in [0.15, 0.2) is 0 Å². The van der Waals surface area contributed by atoms with Gasteiger partial charge in [0, 0.05) is 32.0 Å². The summed E-state index contributed by atoms with van der Waals surface area (Å²) in [6.45, 7) is 9.27. The average molecular weight is 289 g/mol. The molecule has 0 spiro atoms. The standard InChI is InChI=1S/C17H27N3O/c1-13(2)6-7-19-16-9-15(10-18-11-16)17(21)20-8-4-5-14(3)12-20/h9-11,13-14,19H,4-8,12H2,1-3H3. The number of nitrogens with zero attached hydrogens (tertiary/aromatic N) is 2. The van der Waals surface area contributed by atoms with E-state index in [1.807, 2.05) is 11.0 Å². The molecule has 2 heterocycles. The molecule has 1 unspecified atom stereocenters. The molecule has 0 aliphatic carbocycles. The third kappa shape index (κ3) is 4.73. The van der Waals surface area contributed by atoms with Gasteiger partial charge in [-0.05, 0) is 37.2 Å². The lowest BCUT2D eigenvalue weighted by Gasteiger charge is -2.31. The second-order valence-electron chi connectivity index (χ2n) is 6.57. The van der Waals surface area contributed by atoms with Gasteiger partial charge in [-0.2, -0.15) is 0 Å². The van der Waals surface area contributed by atoms with Crippen LogP contribution in [-0.4, -0.2) is 35.4 Å². The lowest BCUT2D eigenvalue weighted by Crippen LogP contribution is -2.39. The van der Waals surface area contributed by atoms with E-state index in [9.17, 15) is 4.79 Å². The third-order valence-electron chi connectivity index (χ3n) is 3.98. The maximum Gasteiger partial charge on any atom is 0.255 e. The molecular formula is C17H27N3O. The molecule has 0 aromatic carbocycles. The maximum absolute atomic E-state index is 12.5. The van der Waals surface area contributed by atoms with Gasteiger partial charge in [0.1, 0.15) is 0 Å². The van der Waals surface area contributed by atoms with E-state index in [-0.39, 0.29) is 5.91 Å². The van der Waals surface area contributed by atoms with Crippen LogP contribution in [0.5, 0.6) is 0 Å². The van der Waals surface area contributed by atoms with Gasteiger partial charge in [-0.3, -0.25) is 9.78 Å². The predicted octanol–water partition coefficient (Wildman–Crippen LogP) is 3.41. The number of anilines is 1. The zero-order chi connectivity index (χ0) is 15.2. The number of pyridine rings is 1. The number of piperidine rings is 1. The molecule has 116 valence electrons. The lowest BCUT2D eigenvalue weighted by atomic mass is 10.00. The van der Waals surface area contributed by atoms with Crippen molar-refractivity contribution in [2.45, 2.75) is 40.0 Å². The molecule has 1 fully saturated rings. The summed E-state index contributed by atoms with van der Waals surface area (Å²) in [4.78, 5) is 18.7. The van der Waals surface area contributed by atoms with Crippen LogP contribution in [0.1, 0.15) is 50.4 Å². The van der Waals surface area contributed by atoms with Crippen LogP contribution in [-0.2, 0) is 0 Å². The Labute approximate surface area is 127 Å². The van der Waals surface area contributed by atoms with Crippen molar-refractivity contribution in [2.75, 3.05) is 25.0 Å². The van der Waals surface area contributed by atoms with E-state index in [2.05, 4.69) is 31.1 Å². The second-order valence-corrected chi connectivity index (χ2v) is 6.57. The first kappa shape index (κ1) is 15.8. The van der Waals surface area contributed by atoms with Crippen molar-refractivity contribution in [1.82, 2.24) is 9.88 Å². The molecule has 4 heteroatoms. The number of rotatable bonds is 5. The summed E-state index contributed by atoms with van der Waals surface area (Å²) in [5.41, 5.74) is 1.63. The fraction of sp³-hybridized carbons (Fsp3) is 0.647. The molecular weight excluding hydrogens is 262 g/mol. The van der Waals surface area contributed by atoms with Crippen molar-refractivity contribution in [1.29, 1.82) is 0 Å². The quantitative estimate of drug-likeness (QED) is 0.903. The van der Waals surface area contributed by atoms with E-state index in [1.165, 1.54) is 6.42 Å². The number of hydrogen-bond donors (Lipinski definition) is 1. The second kappa shape index (κ2) is 7.43. The minimum absolute atomic E-state index is 0.113. The number of carbonyl (C=O) groups is 1. The first-order valence-corrected chi connectivity index (χ1v) is 8.04. The van der Waals surface area contributed by atoms with Gasteiger partial charge < -0.3 is 10.2 Å². The molecule has 1 aliphatic rings. The molecule has 1 amide bonds. The monoisotopic (exact) mass is 289 g/mol. The highest BCUT2D eigenvalue weighted by Gasteiger charge is 2.22. The molecule has 0 saturated carbocycles. The van der Waals surface area contributed by atoms with Crippen molar-refractivity contribution in [3.05, 3.63) is 24.0 Å². The topological polar surface area (TPSA) is 45.2 Å². The summed E-state index contributed by atoms with van der Waals surface area (Å²) in [5, 5.41) is 3.35. The normalized spacial score (nSPS) is 18.9. The lowest BCUT2D eigenvalue weighted by molar-refractivity contribution is 0.0682. The Morgan fingerprint density at radius 2 is 2.29 bits per heavy atom. The molecule has 1 aromatic rings. The van der Waals surface area contributed by atoms with E-state index in [1.54, 1.807) is 12.4 Å². The Bertz CT molecular complexity index is 473. The van der Waals surface area contributed by atoms with Crippen LogP contribution in [0.2, 0.25) is 0 Å². The Hall–Kier alpha value is -1.58. The van der Waals surface area contributed by atoms with Gasteiger partial charge in [0.05, 0.1) is 11.3 Å². The van der Waals surface area contributed by atoms with Crippen LogP contribution in [0.3, 0.4) is 0 Å². The van der Waals surface area contributed by atoms with Gasteiger partial charge in [0.2, 0.25) is 0 Å². The summed E-state index contributed by atoms with van der Waals surface area (Å²) in [6, 6.07) is 1.93. The number of nitrogens with one attached hydrogen (secondary N) is 1. The van der Waals surface area contributed by atoms with E-state index in [0.717, 1.165) is 38.2 Å². The molecule has 1 atom stereocenters. The van der Waals surface area contributed by atoms with Gasteiger partial charge in [0.25, 0.3) is 5.91 Å². The maximum atomic E-state index is 12.5. The zero-order valence-corrected chi connectivity index (χ0v) is 13.4. The number of amides is 1. The van der Waals surface area contributed by atoms with Crippen LogP contribution in [0, 0.1) is 11.8 Å². The Morgan fingerprint density at radius 3 is 3.00 bits per heavy atom. The SMILES string of the molecule is CC(C)CCNc1cncc(C(=O)N2CCCC(C)C2)c1. The van der Waals surface area contributed by atoms with Crippen LogP contribution in [0.15, 0.2) is 18.5 Å². The van der Waals surface area contributed by atoms with Crippen molar-refractivity contribution in [3.8, 4) is 0 Å². The zero-order valence-electron chi connectivity index (χ0n) is 13.4. The fourth-order valence-corrected chi connectivity index (χ4v) is 2.72. The van der Waals surface area contributed by atoms with Crippen LogP contribution >= 0.6 is 0 Å². The summed E-state index contributed by atoms with van der Waals surface area (Å²) in [6.07, 6.45) is 6.90. The summed E-state index contributed by atoms with van der Waals surface area (Å²) in [5.74, 6) is 1.38. The number of likely N-dealkylation sites (tertiary alicyclic amines) is 1. The van der Waals surface area contributed by atoms with Crippen molar-refractivity contribution >= 4 is 11.6 Å². The van der Waals surface area contributed by atoms with E-state index < -0.39 is 0 Å². The van der Waals surface area contributed by atoms with Gasteiger partial charge in [-0.15, -0.1) is 0 Å². The van der Waals surface area contributed by atoms with Crippen molar-refractivity contribution < 1.29 is 4.79 Å². The van der Waals surface area contributed by atoms with Gasteiger partial charge in [-0.25, -0.2) is 0 Å². The highest BCUT2D eigenvalue weighted by Crippen LogP contribution is 2.19. The van der Waals surface area contributed by atoms with Crippen molar-refractivity contribution in [2.24, 2.45) is 11.8 Å². The highest BCUT2D eigenvalue weighted by atomic mass is 16.2. The van der Waals surface area contributed by atoms with Crippen LogP contribution in [0.4, 0.5) is 5.69 Å². The molecule has 21 heavy (non-hydrogen) atoms. The molecule has 1 N–H and O–H groups in total. The number of hydrogen-bond acceptors (Lipinski definition) is 3. The Morgan fingerprint density at radius 1 is 1.48 bits per heavy atom. The summed E-state index contributed by atoms with van der Waals surface area (Å²) >= 11 is 0. The number of carbonyl (C=O) groups excluding carboxylic acids is 1. The molecule has 4 nitrogen and oxygen atoms in total. The largest absolute Gasteiger partial charge is 0.384 e. The molecule has 1 aromatic heterocycles. The Kier molecular flexibility index (Phi) is 5.59. The average Bonchev–Trinajstić information content (AvgIpc) is 2.46. The minimum atomic E-state index is 0.113. The predicted molar refractivity (Wildman–Crippen MR) is 86.5 cm³/mol. The first-order valence-electron chi connectivity index (χ1n) is 8.04. The van der Waals surface area contributed by atoms with Crippen LogP contribution in [0.25, 0.3) is 0 Å². The molecule has 1 saturated heterocycles. The van der Waals surface area contributed by atoms with Gasteiger partial charge >= 0.3 is 0 Å². The molecule has 0 radical (unpaired) electrons. The molecule has 1 aliphatic heterocycles.